The van der Waals surface area contributed by atoms with E-state index in [-0.39, 0.29) is 19.8 Å². The second-order valence-electron chi connectivity index (χ2n) is 5.14. The summed E-state index contributed by atoms with van der Waals surface area (Å²) in [5.41, 5.74) is 4.05. The van der Waals surface area contributed by atoms with E-state index < -0.39 is 0 Å². The molecule has 0 aliphatic carbocycles. The van der Waals surface area contributed by atoms with E-state index in [9.17, 15) is 15.3 Å². The number of benzene rings is 1. The first-order valence-corrected chi connectivity index (χ1v) is 8.74. The lowest BCUT2D eigenvalue weighted by Gasteiger charge is -2.15. The van der Waals surface area contributed by atoms with Crippen molar-refractivity contribution in [3.8, 4) is 22.6 Å². The van der Waals surface area contributed by atoms with Gasteiger partial charge < -0.3 is 25.3 Å². The van der Waals surface area contributed by atoms with Crippen molar-refractivity contribution in [3.05, 3.63) is 50.3 Å². The van der Waals surface area contributed by atoms with Crippen molar-refractivity contribution in [1.29, 1.82) is 0 Å². The molecule has 0 aliphatic heterocycles. The van der Waals surface area contributed by atoms with Gasteiger partial charge in [-0.2, -0.15) is 0 Å². The van der Waals surface area contributed by atoms with Gasteiger partial charge in [0, 0.05) is 18.0 Å². The molecule has 2 aromatic heterocycles. The molecule has 3 rings (SSSR count). The van der Waals surface area contributed by atoms with E-state index in [2.05, 4.69) is 46.8 Å². The largest absolute Gasteiger partial charge is 0.392 e. The number of aliphatic hydroxyl groups excluding tert-OH is 3. The lowest BCUT2D eigenvalue weighted by molar-refractivity contribution is 0.248. The lowest BCUT2D eigenvalue weighted by atomic mass is 9.93. The molecule has 0 amide bonds. The Hall–Kier alpha value is -1.45. The van der Waals surface area contributed by atoms with Crippen LogP contribution in [0.1, 0.15) is 16.7 Å². The van der Waals surface area contributed by atoms with Crippen molar-refractivity contribution in [1.82, 2.24) is 15.0 Å². The van der Waals surface area contributed by atoms with Crippen molar-refractivity contribution in [3.63, 3.8) is 0 Å². The van der Waals surface area contributed by atoms with Gasteiger partial charge in [-0.25, -0.2) is 4.98 Å². The molecule has 0 saturated carbocycles. The second kappa shape index (κ2) is 7.20. The number of H-pyrrole nitrogens is 2. The third-order valence-corrected chi connectivity index (χ3v) is 5.30. The highest BCUT2D eigenvalue weighted by atomic mass is 79.9. The molecule has 6 nitrogen and oxygen atoms in total. The Morgan fingerprint density at radius 1 is 1.00 bits per heavy atom. The van der Waals surface area contributed by atoms with Gasteiger partial charge in [-0.3, -0.25) is 0 Å². The molecule has 0 radical (unpaired) electrons. The zero-order valence-corrected chi connectivity index (χ0v) is 15.6. The maximum Gasteiger partial charge on any atom is 0.155 e. The fraction of sp³-hybridized carbons (Fsp3) is 0.188. The van der Waals surface area contributed by atoms with Gasteiger partial charge in [0.2, 0.25) is 0 Å². The average molecular weight is 457 g/mol. The quantitative estimate of drug-likeness (QED) is 0.406. The Bertz CT molecular complexity index is 860. The lowest BCUT2D eigenvalue weighted by Crippen LogP contribution is -2.03. The molecule has 8 heteroatoms. The molecular formula is C16H15Br2N3O3. The maximum atomic E-state index is 9.83. The third kappa shape index (κ3) is 2.84. The molecule has 0 fully saturated rings. The van der Waals surface area contributed by atoms with Crippen LogP contribution in [0.5, 0.6) is 0 Å². The summed E-state index contributed by atoms with van der Waals surface area (Å²) in [4.78, 5) is 10.5. The maximum absolute atomic E-state index is 9.83. The minimum absolute atomic E-state index is 0.198. The normalized spacial score (nSPS) is 11.2. The predicted molar refractivity (Wildman–Crippen MR) is 97.0 cm³/mol. The first-order valence-electron chi connectivity index (χ1n) is 7.15. The summed E-state index contributed by atoms with van der Waals surface area (Å²) < 4.78 is 1.50. The van der Waals surface area contributed by atoms with Crippen molar-refractivity contribution >= 4 is 31.9 Å². The minimum Gasteiger partial charge on any atom is -0.392 e. The number of nitrogens with one attached hydrogen (secondary N) is 2. The SMILES string of the molecule is OCc1ccc(-c2c(Br)[nH]c(-c3ncc[nH]3)c2Br)c(CO)c1CO. The fourth-order valence-electron chi connectivity index (χ4n) is 2.75. The van der Waals surface area contributed by atoms with E-state index in [4.69, 9.17) is 0 Å². The van der Waals surface area contributed by atoms with Crippen LogP contribution in [0.25, 0.3) is 22.6 Å². The number of hydrogen-bond donors (Lipinski definition) is 5. The summed E-state index contributed by atoms with van der Waals surface area (Å²) in [7, 11) is 0. The van der Waals surface area contributed by atoms with E-state index in [1.54, 1.807) is 18.5 Å². The number of aliphatic hydroxyl groups is 3. The zero-order valence-electron chi connectivity index (χ0n) is 12.5. The van der Waals surface area contributed by atoms with Crippen LogP contribution in [0.2, 0.25) is 0 Å². The minimum atomic E-state index is -0.260. The molecular weight excluding hydrogens is 442 g/mol. The third-order valence-electron chi connectivity index (χ3n) is 3.91. The van der Waals surface area contributed by atoms with E-state index >= 15 is 0 Å². The Kier molecular flexibility index (Phi) is 5.21. The van der Waals surface area contributed by atoms with E-state index in [0.717, 1.165) is 25.9 Å². The van der Waals surface area contributed by atoms with Crippen LogP contribution in [-0.2, 0) is 19.8 Å². The standard InChI is InChI=1S/C16H15Br2N3O3/c17-13-12(15(18)21-14(13)16-19-3-4-20-16)9-2-1-8(5-22)10(6-23)11(9)7-24/h1-4,21-24H,5-7H2,(H,19,20). The van der Waals surface area contributed by atoms with Crippen LogP contribution in [0.15, 0.2) is 33.6 Å². The summed E-state index contributed by atoms with van der Waals surface area (Å²) in [6, 6.07) is 3.57. The Balaban J connectivity index is 2.23. The average Bonchev–Trinajstić information content (AvgIpc) is 3.21. The summed E-state index contributed by atoms with van der Waals surface area (Å²) in [5.74, 6) is 0.675. The number of imidazole rings is 1. The molecule has 3 aromatic rings. The second-order valence-corrected chi connectivity index (χ2v) is 6.73. The molecule has 2 heterocycles. The van der Waals surface area contributed by atoms with Crippen LogP contribution in [0.4, 0.5) is 0 Å². The summed E-state index contributed by atoms with van der Waals surface area (Å²) in [6.07, 6.45) is 3.39. The molecule has 126 valence electrons. The van der Waals surface area contributed by atoms with Gasteiger partial charge in [0.1, 0.15) is 0 Å². The smallest absolute Gasteiger partial charge is 0.155 e. The van der Waals surface area contributed by atoms with E-state index in [0.29, 0.717) is 22.5 Å². The molecule has 0 aliphatic rings. The van der Waals surface area contributed by atoms with Crippen LogP contribution < -0.4 is 0 Å². The number of aromatic nitrogens is 3. The van der Waals surface area contributed by atoms with Gasteiger partial charge in [0.15, 0.2) is 5.82 Å². The van der Waals surface area contributed by atoms with Gasteiger partial charge in [0.25, 0.3) is 0 Å². The number of aromatic amines is 2. The van der Waals surface area contributed by atoms with Crippen molar-refractivity contribution < 1.29 is 15.3 Å². The Morgan fingerprint density at radius 3 is 2.33 bits per heavy atom. The van der Waals surface area contributed by atoms with E-state index in [1.165, 1.54) is 0 Å². The van der Waals surface area contributed by atoms with Gasteiger partial charge in [-0.15, -0.1) is 0 Å². The van der Waals surface area contributed by atoms with Gasteiger partial charge in [0.05, 0.1) is 34.6 Å². The van der Waals surface area contributed by atoms with Gasteiger partial charge in [-0.05, 0) is 54.1 Å². The molecule has 0 saturated heterocycles. The van der Waals surface area contributed by atoms with Crippen LogP contribution in [-0.4, -0.2) is 30.3 Å². The van der Waals surface area contributed by atoms with Crippen molar-refractivity contribution in [2.24, 2.45) is 0 Å². The first kappa shape index (κ1) is 17.4. The highest BCUT2D eigenvalue weighted by molar-refractivity contribution is 9.11. The monoisotopic (exact) mass is 455 g/mol. The van der Waals surface area contributed by atoms with Gasteiger partial charge in [-0.1, -0.05) is 12.1 Å². The molecule has 24 heavy (non-hydrogen) atoms. The highest BCUT2D eigenvalue weighted by Gasteiger charge is 2.22. The first-order chi connectivity index (χ1) is 11.6. The van der Waals surface area contributed by atoms with E-state index in [1.807, 2.05) is 6.07 Å². The van der Waals surface area contributed by atoms with Gasteiger partial charge >= 0.3 is 0 Å². The van der Waals surface area contributed by atoms with Crippen LogP contribution >= 0.6 is 31.9 Å². The Morgan fingerprint density at radius 2 is 1.75 bits per heavy atom. The van der Waals surface area contributed by atoms with Crippen molar-refractivity contribution in [2.75, 3.05) is 0 Å². The number of rotatable bonds is 5. The number of nitrogens with zero attached hydrogens (tertiary/aromatic N) is 1. The molecule has 0 spiro atoms. The molecule has 5 N–H and O–H groups in total. The summed E-state index contributed by atoms with van der Waals surface area (Å²) in [6.45, 7) is -0.708. The highest BCUT2D eigenvalue weighted by Crippen LogP contribution is 2.43. The molecule has 0 atom stereocenters. The zero-order chi connectivity index (χ0) is 17.3. The molecule has 0 unspecified atom stereocenters. The fourth-order valence-corrected chi connectivity index (χ4v) is 4.33. The summed E-state index contributed by atoms with van der Waals surface area (Å²) in [5, 5.41) is 28.9. The topological polar surface area (TPSA) is 105 Å². The number of halogens is 2. The predicted octanol–water partition coefficient (Wildman–Crippen LogP) is 3.07. The van der Waals surface area contributed by atoms with Crippen LogP contribution in [0, 0.1) is 0 Å². The van der Waals surface area contributed by atoms with Crippen LogP contribution in [0.3, 0.4) is 0 Å². The molecule has 0 bridgehead atoms. The number of hydrogen-bond acceptors (Lipinski definition) is 4. The molecule has 1 aromatic carbocycles. The summed E-state index contributed by atoms with van der Waals surface area (Å²) >= 11 is 7.11. The van der Waals surface area contributed by atoms with Crippen molar-refractivity contribution in [2.45, 2.75) is 19.8 Å². The Labute approximate surface area is 154 Å².